The molecule has 0 aromatic rings. The Balaban J connectivity index is 5.52. The van der Waals surface area contributed by atoms with Crippen molar-refractivity contribution in [2.75, 3.05) is 0 Å². The predicted octanol–water partition coefficient (Wildman–Crippen LogP) is 0.800. The van der Waals surface area contributed by atoms with Gasteiger partial charge in [-0.1, -0.05) is 19.1 Å². The highest BCUT2D eigenvalue weighted by Gasteiger charge is 2.34. The summed E-state index contributed by atoms with van der Waals surface area (Å²) < 4.78 is 48.9. The van der Waals surface area contributed by atoms with E-state index in [0.29, 0.717) is 6.42 Å². The fourth-order valence-electron chi connectivity index (χ4n) is 0.933. The molecule has 0 heterocycles. The van der Waals surface area contributed by atoms with Crippen molar-refractivity contribution in [3.63, 3.8) is 0 Å². The van der Waals surface area contributed by atoms with Gasteiger partial charge >= 0.3 is 0 Å². The average Bonchev–Trinajstić information content (AvgIpc) is 2.14. The zero-order chi connectivity index (χ0) is 14.6. The highest BCUT2D eigenvalue weighted by molar-refractivity contribution is 8.07. The lowest BCUT2D eigenvalue weighted by molar-refractivity contribution is 0.544. The third-order valence-electron chi connectivity index (χ3n) is 1.96. The van der Waals surface area contributed by atoms with Gasteiger partial charge in [0.25, 0.3) is 10.0 Å². The summed E-state index contributed by atoms with van der Waals surface area (Å²) in [5.74, 6) is 0. The molecule has 0 aromatic heterocycles. The highest BCUT2D eigenvalue weighted by Crippen LogP contribution is 2.14. The molecule has 0 saturated carbocycles. The second kappa shape index (κ2) is 5.96. The van der Waals surface area contributed by atoms with Gasteiger partial charge in [-0.05, 0) is 33.3 Å². The van der Waals surface area contributed by atoms with Crippen molar-refractivity contribution in [2.24, 2.45) is 5.73 Å². The lowest BCUT2D eigenvalue weighted by Gasteiger charge is -2.19. The van der Waals surface area contributed by atoms with Crippen LogP contribution in [0.2, 0.25) is 0 Å². The van der Waals surface area contributed by atoms with E-state index in [1.807, 2.05) is 0 Å². The zero-order valence-electron chi connectivity index (χ0n) is 11.0. The van der Waals surface area contributed by atoms with E-state index in [9.17, 15) is 16.8 Å². The second-order valence-electron chi connectivity index (χ2n) is 4.21. The molecule has 0 atom stereocenters. The van der Waals surface area contributed by atoms with Crippen LogP contribution in [0, 0.1) is 0 Å². The summed E-state index contributed by atoms with van der Waals surface area (Å²) in [6, 6.07) is 0. The van der Waals surface area contributed by atoms with Crippen molar-refractivity contribution in [1.82, 2.24) is 4.13 Å². The first kappa shape index (κ1) is 17.3. The molecule has 8 heteroatoms. The SMILES string of the molecule is C/C=C\C(=C/CC)S(=O)(=O)NS(=O)(=O)C(C)(C)N. The van der Waals surface area contributed by atoms with E-state index in [4.69, 9.17) is 5.73 Å². The van der Waals surface area contributed by atoms with Gasteiger partial charge in [0.05, 0.1) is 4.91 Å². The van der Waals surface area contributed by atoms with Crippen molar-refractivity contribution in [2.45, 2.75) is 39.0 Å². The van der Waals surface area contributed by atoms with Crippen LogP contribution in [0.1, 0.15) is 34.1 Å². The summed E-state index contributed by atoms with van der Waals surface area (Å²) >= 11 is 0. The normalized spacial score (nSPS) is 15.3. The maximum atomic E-state index is 11.9. The van der Waals surface area contributed by atoms with Crippen LogP contribution in [-0.4, -0.2) is 21.7 Å². The van der Waals surface area contributed by atoms with Crippen LogP contribution in [0.5, 0.6) is 0 Å². The number of hydrogen-bond donors (Lipinski definition) is 2. The molecule has 18 heavy (non-hydrogen) atoms. The van der Waals surface area contributed by atoms with Crippen LogP contribution < -0.4 is 9.86 Å². The van der Waals surface area contributed by atoms with E-state index in [1.54, 1.807) is 18.0 Å². The molecule has 0 aliphatic rings. The van der Waals surface area contributed by atoms with Gasteiger partial charge in [0.1, 0.15) is 4.87 Å². The van der Waals surface area contributed by atoms with Crippen LogP contribution in [0.15, 0.2) is 23.1 Å². The Bertz CT molecular complexity index is 537. The summed E-state index contributed by atoms with van der Waals surface area (Å²) in [6.07, 6.45) is 4.72. The van der Waals surface area contributed by atoms with Crippen molar-refractivity contribution in [3.05, 3.63) is 23.1 Å². The van der Waals surface area contributed by atoms with Gasteiger partial charge in [0.2, 0.25) is 10.0 Å². The molecule has 0 spiro atoms. The first-order valence-electron chi connectivity index (χ1n) is 5.38. The Morgan fingerprint density at radius 3 is 2.11 bits per heavy atom. The number of nitrogens with one attached hydrogen (secondary N) is 1. The van der Waals surface area contributed by atoms with E-state index in [1.165, 1.54) is 32.1 Å². The minimum Gasteiger partial charge on any atom is -0.312 e. The quantitative estimate of drug-likeness (QED) is 0.705. The van der Waals surface area contributed by atoms with Crippen molar-refractivity contribution in [1.29, 1.82) is 0 Å². The van der Waals surface area contributed by atoms with E-state index in [-0.39, 0.29) is 4.91 Å². The molecule has 0 bridgehead atoms. The molecule has 0 aromatic carbocycles. The lowest BCUT2D eigenvalue weighted by atomic mass is 10.4. The molecule has 0 unspecified atom stereocenters. The van der Waals surface area contributed by atoms with E-state index in [0.717, 1.165) is 0 Å². The minimum absolute atomic E-state index is 0.0969. The van der Waals surface area contributed by atoms with E-state index < -0.39 is 24.9 Å². The van der Waals surface area contributed by atoms with Crippen LogP contribution in [0.4, 0.5) is 0 Å². The fourth-order valence-corrected chi connectivity index (χ4v) is 4.03. The number of rotatable bonds is 6. The number of sulfonamides is 2. The predicted molar refractivity (Wildman–Crippen MR) is 72.4 cm³/mol. The number of allylic oxidation sites excluding steroid dienone is 3. The van der Waals surface area contributed by atoms with Crippen molar-refractivity contribution < 1.29 is 16.8 Å². The maximum Gasteiger partial charge on any atom is 0.253 e. The van der Waals surface area contributed by atoms with Gasteiger partial charge in [-0.25, -0.2) is 16.8 Å². The van der Waals surface area contributed by atoms with E-state index >= 15 is 0 Å². The Morgan fingerprint density at radius 1 is 1.28 bits per heavy atom. The molecule has 0 aliphatic carbocycles. The van der Waals surface area contributed by atoms with Gasteiger partial charge in [0.15, 0.2) is 0 Å². The third kappa shape index (κ3) is 4.52. The maximum absolute atomic E-state index is 11.9. The highest BCUT2D eigenvalue weighted by atomic mass is 32.3. The van der Waals surface area contributed by atoms with Crippen molar-refractivity contribution in [3.8, 4) is 0 Å². The molecule has 0 saturated heterocycles. The molecular weight excluding hydrogens is 276 g/mol. The Hall–Kier alpha value is -0.700. The summed E-state index contributed by atoms with van der Waals surface area (Å²) in [6.45, 7) is 5.81. The molecule has 0 aliphatic heterocycles. The standard InChI is InChI=1S/C10H20N2O4S2/c1-5-7-9(8-6-2)17(13,14)12-18(15,16)10(3,4)11/h5,7-8,12H,6,11H2,1-4H3/b7-5-,9-8+. The van der Waals surface area contributed by atoms with Crippen molar-refractivity contribution >= 4 is 20.0 Å². The summed E-state index contributed by atoms with van der Waals surface area (Å²) in [7, 11) is -8.30. The second-order valence-corrected chi connectivity index (χ2v) is 8.41. The molecule has 106 valence electrons. The molecule has 0 amide bonds. The summed E-state index contributed by atoms with van der Waals surface area (Å²) in [5, 5.41) is 0. The van der Waals surface area contributed by atoms with Crippen LogP contribution >= 0.6 is 0 Å². The first-order valence-corrected chi connectivity index (χ1v) is 8.34. The fraction of sp³-hybridized carbons (Fsp3) is 0.600. The largest absolute Gasteiger partial charge is 0.312 e. The smallest absolute Gasteiger partial charge is 0.253 e. The molecule has 0 radical (unpaired) electrons. The summed E-state index contributed by atoms with van der Waals surface area (Å²) in [4.78, 5) is -1.78. The van der Waals surface area contributed by atoms with Crippen LogP contribution in [0.3, 0.4) is 0 Å². The number of nitrogens with two attached hydrogens (primary N) is 1. The Morgan fingerprint density at radius 2 is 1.78 bits per heavy atom. The summed E-state index contributed by atoms with van der Waals surface area (Å²) in [5.41, 5.74) is 5.42. The number of hydrogen-bond acceptors (Lipinski definition) is 5. The third-order valence-corrected chi connectivity index (χ3v) is 6.02. The minimum atomic E-state index is -4.17. The van der Waals surface area contributed by atoms with Gasteiger partial charge in [-0.2, -0.15) is 0 Å². The average molecular weight is 296 g/mol. The van der Waals surface area contributed by atoms with Gasteiger partial charge in [-0.15, -0.1) is 4.13 Å². The van der Waals surface area contributed by atoms with Gasteiger partial charge < -0.3 is 5.73 Å². The topological polar surface area (TPSA) is 106 Å². The first-order chi connectivity index (χ1) is 7.98. The van der Waals surface area contributed by atoms with Gasteiger partial charge in [0, 0.05) is 0 Å². The monoisotopic (exact) mass is 296 g/mol. The molecular formula is C10H20N2O4S2. The van der Waals surface area contributed by atoms with E-state index in [2.05, 4.69) is 0 Å². The Kier molecular flexibility index (Phi) is 5.73. The van der Waals surface area contributed by atoms with Gasteiger partial charge in [-0.3, -0.25) is 0 Å². The molecule has 0 fully saturated rings. The van der Waals surface area contributed by atoms with Crippen LogP contribution in [0.25, 0.3) is 0 Å². The molecule has 3 N–H and O–H groups in total. The van der Waals surface area contributed by atoms with Crippen LogP contribution in [-0.2, 0) is 20.0 Å². The lowest BCUT2D eigenvalue weighted by Crippen LogP contribution is -2.50. The molecule has 6 nitrogen and oxygen atoms in total. The zero-order valence-corrected chi connectivity index (χ0v) is 12.6. The molecule has 0 rings (SSSR count). The Labute approximate surface area is 109 Å².